The molecule has 138 valence electrons. The van der Waals surface area contributed by atoms with Gasteiger partial charge in [-0.25, -0.2) is 0 Å². The van der Waals surface area contributed by atoms with Crippen molar-refractivity contribution >= 4 is 17.7 Å². The van der Waals surface area contributed by atoms with Gasteiger partial charge in [-0.05, 0) is 49.6 Å². The van der Waals surface area contributed by atoms with Gasteiger partial charge in [0.05, 0.1) is 26.0 Å². The van der Waals surface area contributed by atoms with Gasteiger partial charge < -0.3 is 14.4 Å². The lowest BCUT2D eigenvalue weighted by atomic mass is 10.0. The first-order valence-corrected chi connectivity index (χ1v) is 9.82. The Bertz CT molecular complexity index is 760. The van der Waals surface area contributed by atoms with E-state index in [4.69, 9.17) is 9.47 Å². The summed E-state index contributed by atoms with van der Waals surface area (Å²) in [6, 6.07) is 14.3. The predicted octanol–water partition coefficient (Wildman–Crippen LogP) is 4.47. The molecule has 0 spiro atoms. The van der Waals surface area contributed by atoms with E-state index in [1.165, 1.54) is 5.56 Å². The number of aryl methyl sites for hydroxylation is 1. The molecule has 2 aromatic rings. The van der Waals surface area contributed by atoms with Crippen LogP contribution in [0.5, 0.6) is 11.5 Å². The quantitative estimate of drug-likeness (QED) is 0.703. The third kappa shape index (κ3) is 4.15. The molecular weight excluding hydrogens is 346 g/mol. The Morgan fingerprint density at radius 1 is 1.12 bits per heavy atom. The summed E-state index contributed by atoms with van der Waals surface area (Å²) in [5, 5.41) is 0. The van der Waals surface area contributed by atoms with E-state index in [9.17, 15) is 4.79 Å². The first kappa shape index (κ1) is 18.6. The van der Waals surface area contributed by atoms with E-state index < -0.39 is 0 Å². The molecule has 1 heterocycles. The smallest absolute Gasteiger partial charge is 0.233 e. The standard InChI is InChI=1S/C21H25NO3S/c1-15-6-9-17(10-7-15)26-14-21(23)22-12-4-5-18(22)16-8-11-19(24-2)20(13-16)25-3/h6-11,13,18H,4-5,12,14H2,1-3H3/t18-/m0/s1. The van der Waals surface area contributed by atoms with Crippen molar-refractivity contribution in [1.29, 1.82) is 0 Å². The second-order valence-corrected chi connectivity index (χ2v) is 7.51. The Morgan fingerprint density at radius 2 is 1.85 bits per heavy atom. The van der Waals surface area contributed by atoms with Crippen LogP contribution in [0.2, 0.25) is 0 Å². The zero-order valence-corrected chi connectivity index (χ0v) is 16.3. The molecule has 0 aliphatic carbocycles. The van der Waals surface area contributed by atoms with Crippen LogP contribution in [0.1, 0.15) is 30.0 Å². The van der Waals surface area contributed by atoms with Gasteiger partial charge in [-0.3, -0.25) is 4.79 Å². The number of carbonyl (C=O) groups is 1. The minimum absolute atomic E-state index is 0.112. The second-order valence-electron chi connectivity index (χ2n) is 6.46. The first-order valence-electron chi connectivity index (χ1n) is 8.83. The van der Waals surface area contributed by atoms with Crippen LogP contribution in [0.25, 0.3) is 0 Å². The van der Waals surface area contributed by atoms with Gasteiger partial charge in [-0.1, -0.05) is 23.8 Å². The molecule has 1 aliphatic rings. The predicted molar refractivity (Wildman–Crippen MR) is 105 cm³/mol. The maximum absolute atomic E-state index is 12.8. The normalized spacial score (nSPS) is 16.6. The van der Waals surface area contributed by atoms with E-state index in [1.807, 2.05) is 23.1 Å². The molecule has 0 N–H and O–H groups in total. The van der Waals surface area contributed by atoms with Gasteiger partial charge >= 0.3 is 0 Å². The van der Waals surface area contributed by atoms with Gasteiger partial charge in [0.15, 0.2) is 11.5 Å². The van der Waals surface area contributed by atoms with Crippen LogP contribution in [-0.2, 0) is 4.79 Å². The van der Waals surface area contributed by atoms with Gasteiger partial charge in [-0.2, -0.15) is 0 Å². The molecular formula is C21H25NO3S. The zero-order valence-electron chi connectivity index (χ0n) is 15.5. The van der Waals surface area contributed by atoms with Crippen LogP contribution < -0.4 is 9.47 Å². The molecule has 2 aromatic carbocycles. The topological polar surface area (TPSA) is 38.8 Å². The molecule has 1 amide bonds. The van der Waals surface area contributed by atoms with Gasteiger partial charge in [0.2, 0.25) is 5.91 Å². The van der Waals surface area contributed by atoms with Crippen molar-refractivity contribution in [2.45, 2.75) is 30.7 Å². The Morgan fingerprint density at radius 3 is 2.54 bits per heavy atom. The second kappa shape index (κ2) is 8.49. The third-order valence-corrected chi connectivity index (χ3v) is 5.75. The molecule has 1 fully saturated rings. The SMILES string of the molecule is COc1ccc([C@@H]2CCCN2C(=O)CSc2ccc(C)cc2)cc1OC. The summed E-state index contributed by atoms with van der Waals surface area (Å²) in [5.41, 5.74) is 2.34. The third-order valence-electron chi connectivity index (χ3n) is 4.75. The van der Waals surface area contributed by atoms with E-state index in [2.05, 4.69) is 31.2 Å². The van der Waals surface area contributed by atoms with Crippen molar-refractivity contribution in [1.82, 2.24) is 4.90 Å². The van der Waals surface area contributed by atoms with Crippen molar-refractivity contribution < 1.29 is 14.3 Å². The largest absolute Gasteiger partial charge is 0.493 e. The van der Waals surface area contributed by atoms with E-state index in [1.54, 1.807) is 26.0 Å². The molecule has 26 heavy (non-hydrogen) atoms. The molecule has 1 saturated heterocycles. The fraction of sp³-hybridized carbons (Fsp3) is 0.381. The number of carbonyl (C=O) groups excluding carboxylic acids is 1. The lowest BCUT2D eigenvalue weighted by Gasteiger charge is -2.25. The molecule has 0 aromatic heterocycles. The minimum Gasteiger partial charge on any atom is -0.493 e. The molecule has 4 nitrogen and oxygen atoms in total. The summed E-state index contributed by atoms with van der Waals surface area (Å²) in [5.74, 6) is 2.07. The zero-order chi connectivity index (χ0) is 18.5. The first-order chi connectivity index (χ1) is 12.6. The van der Waals surface area contributed by atoms with Crippen LogP contribution in [0.15, 0.2) is 47.4 Å². The number of benzene rings is 2. The van der Waals surface area contributed by atoms with E-state index in [0.29, 0.717) is 17.3 Å². The summed E-state index contributed by atoms with van der Waals surface area (Å²) in [7, 11) is 3.27. The molecule has 3 rings (SSSR count). The highest BCUT2D eigenvalue weighted by Gasteiger charge is 2.30. The Kier molecular flexibility index (Phi) is 6.09. The number of ether oxygens (including phenoxy) is 2. The Balaban J connectivity index is 1.69. The van der Waals surface area contributed by atoms with Crippen molar-refractivity contribution in [3.8, 4) is 11.5 Å². The van der Waals surface area contributed by atoms with Crippen molar-refractivity contribution in [3.63, 3.8) is 0 Å². The van der Waals surface area contributed by atoms with Crippen LogP contribution in [0.3, 0.4) is 0 Å². The van der Waals surface area contributed by atoms with Crippen molar-refractivity contribution in [2.75, 3.05) is 26.5 Å². The van der Waals surface area contributed by atoms with E-state index >= 15 is 0 Å². The fourth-order valence-corrected chi connectivity index (χ4v) is 4.12. The highest BCUT2D eigenvalue weighted by molar-refractivity contribution is 8.00. The summed E-state index contributed by atoms with van der Waals surface area (Å²) in [6.07, 6.45) is 2.01. The monoisotopic (exact) mass is 371 g/mol. The molecule has 0 saturated carbocycles. The highest BCUT2D eigenvalue weighted by atomic mass is 32.2. The minimum atomic E-state index is 0.112. The van der Waals surface area contributed by atoms with E-state index in [-0.39, 0.29) is 11.9 Å². The summed E-state index contributed by atoms with van der Waals surface area (Å²) < 4.78 is 10.7. The number of amides is 1. The summed E-state index contributed by atoms with van der Waals surface area (Å²) in [6.45, 7) is 2.88. The fourth-order valence-electron chi connectivity index (χ4n) is 3.33. The number of methoxy groups -OCH3 is 2. The molecule has 5 heteroatoms. The van der Waals surface area contributed by atoms with Gasteiger partial charge in [0, 0.05) is 11.4 Å². The maximum Gasteiger partial charge on any atom is 0.233 e. The van der Waals surface area contributed by atoms with Crippen LogP contribution >= 0.6 is 11.8 Å². The molecule has 0 radical (unpaired) electrons. The van der Waals surface area contributed by atoms with Crippen LogP contribution in [-0.4, -0.2) is 37.3 Å². The lowest BCUT2D eigenvalue weighted by Crippen LogP contribution is -2.32. The Hall–Kier alpha value is -2.14. The molecule has 0 bridgehead atoms. The summed E-state index contributed by atoms with van der Waals surface area (Å²) in [4.78, 5) is 15.9. The number of hydrogen-bond donors (Lipinski definition) is 0. The molecule has 0 unspecified atom stereocenters. The number of thioether (sulfide) groups is 1. The summed E-state index contributed by atoms with van der Waals surface area (Å²) >= 11 is 1.60. The maximum atomic E-state index is 12.8. The van der Waals surface area contributed by atoms with Gasteiger partial charge in [-0.15, -0.1) is 11.8 Å². The lowest BCUT2D eigenvalue weighted by molar-refractivity contribution is -0.129. The van der Waals surface area contributed by atoms with Crippen LogP contribution in [0.4, 0.5) is 0 Å². The highest BCUT2D eigenvalue weighted by Crippen LogP contribution is 2.37. The van der Waals surface area contributed by atoms with Crippen molar-refractivity contribution in [2.24, 2.45) is 0 Å². The number of likely N-dealkylation sites (tertiary alicyclic amines) is 1. The van der Waals surface area contributed by atoms with Crippen molar-refractivity contribution in [3.05, 3.63) is 53.6 Å². The van der Waals surface area contributed by atoms with Gasteiger partial charge in [0.25, 0.3) is 0 Å². The average molecular weight is 372 g/mol. The Labute approximate surface area is 159 Å². The average Bonchev–Trinajstić information content (AvgIpc) is 3.16. The number of hydrogen-bond acceptors (Lipinski definition) is 4. The number of rotatable bonds is 6. The van der Waals surface area contributed by atoms with Crippen LogP contribution in [0, 0.1) is 6.92 Å². The van der Waals surface area contributed by atoms with E-state index in [0.717, 1.165) is 29.8 Å². The molecule has 1 aliphatic heterocycles. The molecule has 1 atom stereocenters. The van der Waals surface area contributed by atoms with Gasteiger partial charge in [0.1, 0.15) is 0 Å². The number of nitrogens with zero attached hydrogens (tertiary/aromatic N) is 1.